The summed E-state index contributed by atoms with van der Waals surface area (Å²) in [5, 5.41) is 9.93. The van der Waals surface area contributed by atoms with Crippen molar-refractivity contribution in [3.05, 3.63) is 101 Å². The van der Waals surface area contributed by atoms with Crippen LogP contribution in [-0.2, 0) is 11.2 Å². The van der Waals surface area contributed by atoms with E-state index in [9.17, 15) is 14.7 Å². The zero-order chi connectivity index (χ0) is 26.8. The van der Waals surface area contributed by atoms with E-state index in [0.717, 1.165) is 18.4 Å². The van der Waals surface area contributed by atoms with Crippen LogP contribution in [0, 0.1) is 6.57 Å². The maximum Gasteiger partial charge on any atom is 0.338 e. The third kappa shape index (κ3) is 7.26. The molecule has 0 saturated heterocycles. The van der Waals surface area contributed by atoms with Gasteiger partial charge in [0.25, 0.3) is 5.91 Å². The van der Waals surface area contributed by atoms with Crippen LogP contribution in [0.25, 0.3) is 16.0 Å². The Balaban J connectivity index is 1.92. The molecule has 7 heteroatoms. The molecule has 0 radical (unpaired) electrons. The number of para-hydroxylation sites is 1. The summed E-state index contributed by atoms with van der Waals surface area (Å²) in [7, 11) is 1.73. The van der Waals surface area contributed by atoms with Gasteiger partial charge in [-0.1, -0.05) is 67.9 Å². The molecule has 3 aromatic carbocycles. The highest BCUT2D eigenvalue weighted by Gasteiger charge is 2.28. The molecule has 7 nitrogen and oxygen atoms in total. The molecule has 0 spiro atoms. The molecule has 3 rings (SSSR count). The Morgan fingerprint density at radius 2 is 1.73 bits per heavy atom. The molecule has 1 unspecified atom stereocenters. The fourth-order valence-corrected chi connectivity index (χ4v) is 4.00. The van der Waals surface area contributed by atoms with Gasteiger partial charge < -0.3 is 20.5 Å². The van der Waals surface area contributed by atoms with Gasteiger partial charge in [0.2, 0.25) is 0 Å². The lowest BCUT2D eigenvalue weighted by molar-refractivity contribution is 0.0331. The van der Waals surface area contributed by atoms with Crippen LogP contribution in [-0.4, -0.2) is 54.2 Å². The van der Waals surface area contributed by atoms with Gasteiger partial charge in [0, 0.05) is 19.2 Å². The van der Waals surface area contributed by atoms with E-state index < -0.39 is 11.5 Å². The average Bonchev–Trinajstić information content (AvgIpc) is 2.94. The van der Waals surface area contributed by atoms with Gasteiger partial charge in [-0.05, 0) is 47.7 Å². The van der Waals surface area contributed by atoms with Gasteiger partial charge in [-0.3, -0.25) is 4.79 Å². The van der Waals surface area contributed by atoms with Crippen LogP contribution in [0.2, 0.25) is 0 Å². The maximum atomic E-state index is 13.2. The van der Waals surface area contributed by atoms with Crippen LogP contribution in [0.4, 0.5) is 5.69 Å². The first-order valence-electron chi connectivity index (χ1n) is 12.3. The van der Waals surface area contributed by atoms with Gasteiger partial charge in [-0.2, -0.15) is 0 Å². The summed E-state index contributed by atoms with van der Waals surface area (Å²) in [6, 6.07) is 21.3. The molecule has 0 bridgehead atoms. The standard InChI is InChI=1S/C30H33N3O4/c1-4-5-15-33(3)28(35)24-16-23(26-13-9-10-14-27(26)32-2)17-25(18-24)29(36)37-21-30(31,20-34)19-22-11-7-6-8-12-22/h6-14,16-18,34H,4-5,15,19-21,31H2,1,3H3. The van der Waals surface area contributed by atoms with Crippen molar-refractivity contribution in [3.8, 4) is 11.1 Å². The highest BCUT2D eigenvalue weighted by atomic mass is 16.5. The number of nitrogens with zero attached hydrogens (tertiary/aromatic N) is 2. The highest BCUT2D eigenvalue weighted by molar-refractivity contribution is 6.00. The fourth-order valence-electron chi connectivity index (χ4n) is 4.00. The van der Waals surface area contributed by atoms with E-state index in [1.54, 1.807) is 48.3 Å². The Bertz CT molecular complexity index is 1270. The zero-order valence-corrected chi connectivity index (χ0v) is 21.3. The number of unbranched alkanes of at least 4 members (excludes halogenated alkanes) is 1. The molecule has 3 aromatic rings. The lowest BCUT2D eigenvalue weighted by atomic mass is 9.93. The minimum atomic E-state index is -1.16. The fraction of sp³-hybridized carbons (Fsp3) is 0.300. The lowest BCUT2D eigenvalue weighted by Gasteiger charge is -2.27. The van der Waals surface area contributed by atoms with Crippen molar-refractivity contribution in [2.24, 2.45) is 5.73 Å². The molecule has 0 saturated carbocycles. The summed E-state index contributed by atoms with van der Waals surface area (Å²) in [6.07, 6.45) is 2.13. The number of esters is 1. The second-order valence-electron chi connectivity index (χ2n) is 9.27. The van der Waals surface area contributed by atoms with Crippen LogP contribution in [0.3, 0.4) is 0 Å². The Morgan fingerprint density at radius 3 is 2.41 bits per heavy atom. The molecule has 0 heterocycles. The number of rotatable bonds is 11. The minimum absolute atomic E-state index is 0.171. The molecule has 192 valence electrons. The summed E-state index contributed by atoms with van der Waals surface area (Å²) in [4.78, 5) is 31.6. The maximum absolute atomic E-state index is 13.2. The number of amides is 1. The SMILES string of the molecule is [C-]#[N+]c1ccccc1-c1cc(C(=O)OCC(N)(CO)Cc2ccccc2)cc(C(=O)N(C)CCCC)c1. The van der Waals surface area contributed by atoms with Crippen molar-refractivity contribution in [2.45, 2.75) is 31.7 Å². The molecule has 1 amide bonds. The number of nitrogens with two attached hydrogens (primary N) is 1. The number of aliphatic hydroxyl groups is 1. The number of carbonyl (C=O) groups excluding carboxylic acids is 2. The van der Waals surface area contributed by atoms with Gasteiger partial charge >= 0.3 is 5.97 Å². The van der Waals surface area contributed by atoms with Gasteiger partial charge in [0.1, 0.15) is 6.61 Å². The van der Waals surface area contributed by atoms with Crippen molar-refractivity contribution in [3.63, 3.8) is 0 Å². The van der Waals surface area contributed by atoms with Crippen LogP contribution in [0.5, 0.6) is 0 Å². The number of benzene rings is 3. The predicted octanol–water partition coefficient (Wildman–Crippen LogP) is 4.87. The molecule has 37 heavy (non-hydrogen) atoms. The van der Waals surface area contributed by atoms with Gasteiger partial charge in [-0.15, -0.1) is 0 Å². The summed E-state index contributed by atoms with van der Waals surface area (Å²) in [5.74, 6) is -0.888. The molecule has 0 aliphatic rings. The van der Waals surface area contributed by atoms with Crippen LogP contribution in [0.1, 0.15) is 46.0 Å². The molecule has 0 fully saturated rings. The molecule has 0 aromatic heterocycles. The normalized spacial score (nSPS) is 12.3. The molecule has 1 atom stereocenters. The second kappa shape index (κ2) is 12.8. The van der Waals surface area contributed by atoms with Crippen molar-refractivity contribution < 1.29 is 19.4 Å². The molecule has 0 aliphatic carbocycles. The van der Waals surface area contributed by atoms with Crippen molar-refractivity contribution in [2.75, 3.05) is 26.8 Å². The van der Waals surface area contributed by atoms with Crippen molar-refractivity contribution in [1.29, 1.82) is 0 Å². The third-order valence-corrected chi connectivity index (χ3v) is 6.15. The topological polar surface area (TPSA) is 97.2 Å². The Hall–Kier alpha value is -3.99. The van der Waals surface area contributed by atoms with E-state index in [1.165, 1.54) is 6.07 Å². The van der Waals surface area contributed by atoms with E-state index in [0.29, 0.717) is 35.3 Å². The van der Waals surface area contributed by atoms with Crippen molar-refractivity contribution >= 4 is 17.6 Å². The van der Waals surface area contributed by atoms with E-state index in [1.807, 2.05) is 30.3 Å². The lowest BCUT2D eigenvalue weighted by Crippen LogP contribution is -2.50. The number of carbonyl (C=O) groups is 2. The van der Waals surface area contributed by atoms with Crippen LogP contribution >= 0.6 is 0 Å². The van der Waals surface area contributed by atoms with Gasteiger partial charge in [0.15, 0.2) is 5.69 Å². The van der Waals surface area contributed by atoms with Gasteiger partial charge in [0.05, 0.1) is 24.3 Å². The summed E-state index contributed by atoms with van der Waals surface area (Å²) < 4.78 is 5.55. The van der Waals surface area contributed by atoms with E-state index in [2.05, 4.69) is 11.8 Å². The first-order chi connectivity index (χ1) is 17.8. The molecule has 3 N–H and O–H groups in total. The summed E-state index contributed by atoms with van der Waals surface area (Å²) in [5.41, 5.74) is 8.20. The average molecular weight is 500 g/mol. The first kappa shape index (κ1) is 27.6. The Kier molecular flexibility index (Phi) is 9.56. The molecular formula is C30H33N3O4. The first-order valence-corrected chi connectivity index (χ1v) is 12.3. The Morgan fingerprint density at radius 1 is 1.05 bits per heavy atom. The zero-order valence-electron chi connectivity index (χ0n) is 21.3. The van der Waals surface area contributed by atoms with Crippen molar-refractivity contribution in [1.82, 2.24) is 4.90 Å². The summed E-state index contributed by atoms with van der Waals surface area (Å²) in [6.45, 7) is 9.58. The monoisotopic (exact) mass is 499 g/mol. The minimum Gasteiger partial charge on any atom is -0.460 e. The van der Waals surface area contributed by atoms with E-state index in [-0.39, 0.29) is 24.7 Å². The molecule has 0 aliphatic heterocycles. The number of aliphatic hydroxyl groups excluding tert-OH is 1. The van der Waals surface area contributed by atoms with E-state index >= 15 is 0 Å². The highest BCUT2D eigenvalue weighted by Crippen LogP contribution is 2.32. The Labute approximate surface area is 218 Å². The third-order valence-electron chi connectivity index (χ3n) is 6.15. The number of hydrogen-bond donors (Lipinski definition) is 2. The smallest absolute Gasteiger partial charge is 0.338 e. The largest absolute Gasteiger partial charge is 0.460 e. The second-order valence-corrected chi connectivity index (χ2v) is 9.27. The number of ether oxygens (including phenoxy) is 1. The number of hydrogen-bond acceptors (Lipinski definition) is 5. The molecular weight excluding hydrogens is 466 g/mol. The summed E-state index contributed by atoms with van der Waals surface area (Å²) >= 11 is 0. The van der Waals surface area contributed by atoms with Crippen LogP contribution < -0.4 is 5.73 Å². The predicted molar refractivity (Wildman–Crippen MR) is 144 cm³/mol. The van der Waals surface area contributed by atoms with E-state index in [4.69, 9.17) is 17.0 Å². The van der Waals surface area contributed by atoms with Gasteiger partial charge in [-0.25, -0.2) is 9.64 Å². The quantitative estimate of drug-likeness (QED) is 0.290. The van der Waals surface area contributed by atoms with Crippen LogP contribution in [0.15, 0.2) is 72.8 Å².